The first-order valence-electron chi connectivity index (χ1n) is 5.29. The first kappa shape index (κ1) is 11.9. The van der Waals surface area contributed by atoms with Crippen LogP contribution in [0.2, 0.25) is 5.02 Å². The second kappa shape index (κ2) is 5.17. The van der Waals surface area contributed by atoms with Crippen molar-refractivity contribution in [3.05, 3.63) is 58.7 Å². The van der Waals surface area contributed by atoms with Crippen molar-refractivity contribution in [3.63, 3.8) is 0 Å². The topological polar surface area (TPSA) is 59.1 Å². The molecule has 4 heteroatoms. The molecule has 0 spiro atoms. The van der Waals surface area contributed by atoms with Gasteiger partial charge in [-0.05, 0) is 29.3 Å². The second-order valence-corrected chi connectivity index (χ2v) is 4.24. The van der Waals surface area contributed by atoms with Gasteiger partial charge in [0.15, 0.2) is 0 Å². The summed E-state index contributed by atoms with van der Waals surface area (Å²) < 4.78 is 0. The van der Waals surface area contributed by atoms with Crippen LogP contribution >= 0.6 is 11.6 Å². The molecule has 1 unspecified atom stereocenters. The van der Waals surface area contributed by atoms with Crippen molar-refractivity contribution < 1.29 is 5.11 Å². The number of nitrogen functional groups attached to an aromatic ring is 1. The number of anilines is 1. The highest BCUT2D eigenvalue weighted by atomic mass is 35.5. The molecule has 1 heterocycles. The third-order valence-electron chi connectivity index (χ3n) is 2.54. The number of halogens is 1. The van der Waals surface area contributed by atoms with Crippen LogP contribution in [0.15, 0.2) is 42.6 Å². The quantitative estimate of drug-likeness (QED) is 0.878. The molecular weight excluding hydrogens is 236 g/mol. The van der Waals surface area contributed by atoms with Gasteiger partial charge >= 0.3 is 0 Å². The average Bonchev–Trinajstić information content (AvgIpc) is 2.29. The lowest BCUT2D eigenvalue weighted by atomic mass is 10.0. The van der Waals surface area contributed by atoms with Gasteiger partial charge in [-0.15, -0.1) is 0 Å². The van der Waals surface area contributed by atoms with E-state index in [2.05, 4.69) is 4.98 Å². The van der Waals surface area contributed by atoms with Gasteiger partial charge in [0.2, 0.25) is 0 Å². The van der Waals surface area contributed by atoms with Crippen LogP contribution in [0.5, 0.6) is 0 Å². The molecule has 0 aliphatic carbocycles. The minimum Gasteiger partial charge on any atom is -0.388 e. The molecule has 3 nitrogen and oxygen atoms in total. The highest BCUT2D eigenvalue weighted by molar-refractivity contribution is 6.31. The SMILES string of the molecule is Nc1cc(CC(O)c2ccccc2Cl)ccn1. The maximum Gasteiger partial charge on any atom is 0.123 e. The number of aliphatic hydroxyl groups excluding tert-OH is 1. The van der Waals surface area contributed by atoms with Crippen molar-refractivity contribution >= 4 is 17.4 Å². The third-order valence-corrected chi connectivity index (χ3v) is 2.88. The molecule has 0 aliphatic heterocycles. The van der Waals surface area contributed by atoms with Gasteiger partial charge in [-0.3, -0.25) is 0 Å². The molecule has 3 N–H and O–H groups in total. The standard InChI is InChI=1S/C13H13ClN2O/c14-11-4-2-1-3-10(11)12(17)7-9-5-6-16-13(15)8-9/h1-6,8,12,17H,7H2,(H2,15,16). The fourth-order valence-corrected chi connectivity index (χ4v) is 1.96. The highest BCUT2D eigenvalue weighted by Crippen LogP contribution is 2.25. The molecule has 1 atom stereocenters. The fraction of sp³-hybridized carbons (Fsp3) is 0.154. The molecule has 0 amide bonds. The van der Waals surface area contributed by atoms with Crippen molar-refractivity contribution in [2.45, 2.75) is 12.5 Å². The Hall–Kier alpha value is -1.58. The van der Waals surface area contributed by atoms with E-state index in [1.165, 1.54) is 0 Å². The number of nitrogens with zero attached hydrogens (tertiary/aromatic N) is 1. The zero-order valence-electron chi connectivity index (χ0n) is 9.18. The number of aliphatic hydroxyl groups is 1. The van der Waals surface area contributed by atoms with E-state index in [1.54, 1.807) is 18.3 Å². The van der Waals surface area contributed by atoms with E-state index in [-0.39, 0.29) is 0 Å². The van der Waals surface area contributed by atoms with Crippen LogP contribution < -0.4 is 5.73 Å². The number of hydrogen-bond acceptors (Lipinski definition) is 3. The lowest BCUT2D eigenvalue weighted by molar-refractivity contribution is 0.178. The summed E-state index contributed by atoms with van der Waals surface area (Å²) in [5.41, 5.74) is 7.25. The van der Waals surface area contributed by atoms with Gasteiger partial charge in [-0.1, -0.05) is 29.8 Å². The Balaban J connectivity index is 2.17. The molecule has 2 aromatic rings. The van der Waals surface area contributed by atoms with Gasteiger partial charge in [0.25, 0.3) is 0 Å². The molecule has 0 fully saturated rings. The van der Waals surface area contributed by atoms with E-state index in [9.17, 15) is 5.11 Å². The van der Waals surface area contributed by atoms with E-state index in [4.69, 9.17) is 17.3 Å². The summed E-state index contributed by atoms with van der Waals surface area (Å²) >= 11 is 6.02. The van der Waals surface area contributed by atoms with Gasteiger partial charge in [-0.2, -0.15) is 0 Å². The summed E-state index contributed by atoms with van der Waals surface area (Å²) in [7, 11) is 0. The lowest BCUT2D eigenvalue weighted by Crippen LogP contribution is -2.03. The molecule has 0 saturated carbocycles. The minimum absolute atomic E-state index is 0.453. The van der Waals surface area contributed by atoms with E-state index in [0.717, 1.165) is 11.1 Å². The molecular formula is C13H13ClN2O. The van der Waals surface area contributed by atoms with Crippen LogP contribution in [-0.2, 0) is 6.42 Å². The summed E-state index contributed by atoms with van der Waals surface area (Å²) in [5, 5.41) is 10.7. The van der Waals surface area contributed by atoms with Crippen molar-refractivity contribution in [1.82, 2.24) is 4.98 Å². The Kier molecular flexibility index (Phi) is 3.61. The Morgan fingerprint density at radius 1 is 1.29 bits per heavy atom. The predicted molar refractivity (Wildman–Crippen MR) is 68.8 cm³/mol. The number of aromatic nitrogens is 1. The first-order chi connectivity index (χ1) is 8.16. The van der Waals surface area contributed by atoms with E-state index < -0.39 is 6.10 Å². The summed E-state index contributed by atoms with van der Waals surface area (Å²) in [4.78, 5) is 3.91. The zero-order chi connectivity index (χ0) is 12.3. The van der Waals surface area contributed by atoms with Crippen LogP contribution in [-0.4, -0.2) is 10.1 Å². The van der Waals surface area contributed by atoms with Crippen molar-refractivity contribution in [2.24, 2.45) is 0 Å². The van der Waals surface area contributed by atoms with Crippen LogP contribution in [0.3, 0.4) is 0 Å². The van der Waals surface area contributed by atoms with Crippen LogP contribution in [0.4, 0.5) is 5.82 Å². The Bertz CT molecular complexity index is 516. The molecule has 0 aliphatic rings. The van der Waals surface area contributed by atoms with Crippen LogP contribution in [0.25, 0.3) is 0 Å². The largest absolute Gasteiger partial charge is 0.388 e. The Labute approximate surface area is 105 Å². The monoisotopic (exact) mass is 248 g/mol. The van der Waals surface area contributed by atoms with Crippen molar-refractivity contribution in [2.75, 3.05) is 5.73 Å². The molecule has 88 valence electrons. The second-order valence-electron chi connectivity index (χ2n) is 3.83. The van der Waals surface area contributed by atoms with E-state index in [1.807, 2.05) is 24.3 Å². The molecule has 0 bridgehead atoms. The molecule has 2 rings (SSSR count). The number of nitrogens with two attached hydrogens (primary N) is 1. The smallest absolute Gasteiger partial charge is 0.123 e. The molecule has 0 radical (unpaired) electrons. The van der Waals surface area contributed by atoms with Gasteiger partial charge < -0.3 is 10.8 Å². The highest BCUT2D eigenvalue weighted by Gasteiger charge is 2.11. The number of hydrogen-bond donors (Lipinski definition) is 2. The van der Waals surface area contributed by atoms with E-state index in [0.29, 0.717) is 17.3 Å². The molecule has 0 saturated heterocycles. The van der Waals surface area contributed by atoms with Gasteiger partial charge in [0.05, 0.1) is 6.10 Å². The van der Waals surface area contributed by atoms with Crippen LogP contribution in [0, 0.1) is 0 Å². The molecule has 17 heavy (non-hydrogen) atoms. The maximum absolute atomic E-state index is 10.1. The fourth-order valence-electron chi connectivity index (χ4n) is 1.70. The lowest BCUT2D eigenvalue weighted by Gasteiger charge is -2.12. The summed E-state index contributed by atoms with van der Waals surface area (Å²) in [5.74, 6) is 0.453. The van der Waals surface area contributed by atoms with E-state index >= 15 is 0 Å². The number of benzene rings is 1. The van der Waals surface area contributed by atoms with Crippen molar-refractivity contribution in [1.29, 1.82) is 0 Å². The molecule has 1 aromatic heterocycles. The van der Waals surface area contributed by atoms with Gasteiger partial charge in [0.1, 0.15) is 5.82 Å². The minimum atomic E-state index is -0.634. The average molecular weight is 249 g/mol. The Morgan fingerprint density at radius 3 is 2.76 bits per heavy atom. The van der Waals surface area contributed by atoms with Crippen LogP contribution in [0.1, 0.15) is 17.2 Å². The first-order valence-corrected chi connectivity index (χ1v) is 5.67. The predicted octanol–water partition coefficient (Wildman–Crippen LogP) is 2.59. The number of rotatable bonds is 3. The summed E-state index contributed by atoms with van der Waals surface area (Å²) in [6.45, 7) is 0. The summed E-state index contributed by atoms with van der Waals surface area (Å²) in [6.07, 6.45) is 1.46. The molecule has 1 aromatic carbocycles. The Morgan fingerprint density at radius 2 is 2.06 bits per heavy atom. The van der Waals surface area contributed by atoms with Gasteiger partial charge in [-0.25, -0.2) is 4.98 Å². The maximum atomic E-state index is 10.1. The number of pyridine rings is 1. The van der Waals surface area contributed by atoms with Crippen molar-refractivity contribution in [3.8, 4) is 0 Å². The third kappa shape index (κ3) is 2.96. The van der Waals surface area contributed by atoms with Gasteiger partial charge in [0, 0.05) is 17.6 Å². The zero-order valence-corrected chi connectivity index (χ0v) is 9.93. The normalized spacial score (nSPS) is 12.4. The summed E-state index contributed by atoms with van der Waals surface area (Å²) in [6, 6.07) is 10.9.